The van der Waals surface area contributed by atoms with Gasteiger partial charge < -0.3 is 14.8 Å². The zero-order valence-corrected chi connectivity index (χ0v) is 14.9. The van der Waals surface area contributed by atoms with Gasteiger partial charge in [0.05, 0.1) is 17.7 Å². The van der Waals surface area contributed by atoms with E-state index in [0.717, 1.165) is 0 Å². The Morgan fingerprint density at radius 1 is 1.27 bits per heavy atom. The molecule has 2 aromatic carbocycles. The minimum absolute atomic E-state index is 0.0390. The monoisotopic (exact) mass is 380 g/mol. The molecule has 1 aliphatic heterocycles. The van der Waals surface area contributed by atoms with E-state index < -0.39 is 21.9 Å². The topological polar surface area (TPSA) is 93.7 Å². The van der Waals surface area contributed by atoms with Crippen molar-refractivity contribution in [2.24, 2.45) is 0 Å². The first-order valence-corrected chi connectivity index (χ1v) is 9.21. The summed E-state index contributed by atoms with van der Waals surface area (Å²) in [4.78, 5) is 11.3. The first-order valence-electron chi connectivity index (χ1n) is 7.72. The second-order valence-electron chi connectivity index (χ2n) is 5.73. The zero-order valence-electron chi connectivity index (χ0n) is 14.1. The zero-order chi connectivity index (χ0) is 18.9. The van der Waals surface area contributed by atoms with Gasteiger partial charge in [0.2, 0.25) is 10.0 Å². The largest absolute Gasteiger partial charge is 0.494 e. The molecule has 9 heteroatoms. The Labute approximate surface area is 150 Å². The average molecular weight is 380 g/mol. The van der Waals surface area contributed by atoms with Gasteiger partial charge in [-0.1, -0.05) is 6.07 Å². The average Bonchev–Trinajstić information content (AvgIpc) is 2.60. The van der Waals surface area contributed by atoms with Gasteiger partial charge in [-0.05, 0) is 42.8 Å². The van der Waals surface area contributed by atoms with Crippen LogP contribution in [0.3, 0.4) is 0 Å². The molecule has 1 atom stereocenters. The van der Waals surface area contributed by atoms with Crippen LogP contribution in [-0.4, -0.2) is 28.0 Å². The highest BCUT2D eigenvalue weighted by atomic mass is 32.2. The third kappa shape index (κ3) is 3.63. The fourth-order valence-corrected chi connectivity index (χ4v) is 3.81. The predicted molar refractivity (Wildman–Crippen MR) is 92.3 cm³/mol. The van der Waals surface area contributed by atoms with Crippen molar-refractivity contribution in [2.45, 2.75) is 17.9 Å². The number of amides is 1. The van der Waals surface area contributed by atoms with Gasteiger partial charge in [0.25, 0.3) is 5.91 Å². The third-order valence-electron chi connectivity index (χ3n) is 3.90. The molecule has 7 nitrogen and oxygen atoms in total. The molecule has 1 heterocycles. The van der Waals surface area contributed by atoms with Crippen LogP contribution in [0, 0.1) is 5.82 Å². The Hall–Kier alpha value is -2.65. The van der Waals surface area contributed by atoms with Crippen molar-refractivity contribution < 1.29 is 27.1 Å². The van der Waals surface area contributed by atoms with Crippen LogP contribution < -0.4 is 19.5 Å². The van der Waals surface area contributed by atoms with Crippen molar-refractivity contribution in [3.05, 3.63) is 47.8 Å². The summed E-state index contributed by atoms with van der Waals surface area (Å²) in [6.45, 7) is 1.49. The first-order chi connectivity index (χ1) is 12.3. The van der Waals surface area contributed by atoms with Crippen LogP contribution >= 0.6 is 0 Å². The summed E-state index contributed by atoms with van der Waals surface area (Å²) in [5.74, 6) is -0.463. The third-order valence-corrected chi connectivity index (χ3v) is 5.44. The van der Waals surface area contributed by atoms with Gasteiger partial charge in [0.1, 0.15) is 5.75 Å². The van der Waals surface area contributed by atoms with Crippen molar-refractivity contribution in [2.75, 3.05) is 19.0 Å². The van der Waals surface area contributed by atoms with E-state index in [-0.39, 0.29) is 28.8 Å². The number of nitrogens with one attached hydrogen (secondary N) is 2. The maximum atomic E-state index is 13.8. The molecule has 0 unspecified atom stereocenters. The molecule has 3 rings (SSSR count). The van der Waals surface area contributed by atoms with Crippen LogP contribution in [0.2, 0.25) is 0 Å². The minimum atomic E-state index is -3.90. The van der Waals surface area contributed by atoms with Gasteiger partial charge >= 0.3 is 0 Å². The number of methoxy groups -OCH3 is 1. The van der Waals surface area contributed by atoms with Crippen LogP contribution in [0.5, 0.6) is 11.5 Å². The molecule has 0 saturated carbocycles. The molecule has 0 aromatic heterocycles. The van der Waals surface area contributed by atoms with E-state index in [0.29, 0.717) is 11.3 Å². The lowest BCUT2D eigenvalue weighted by Gasteiger charge is -2.19. The number of fused-ring (bicyclic) bond motifs is 1. The Morgan fingerprint density at radius 3 is 2.73 bits per heavy atom. The second-order valence-corrected chi connectivity index (χ2v) is 7.45. The summed E-state index contributed by atoms with van der Waals surface area (Å²) in [6, 6.07) is 7.71. The predicted octanol–water partition coefficient (Wildman–Crippen LogP) is 2.20. The summed E-state index contributed by atoms with van der Waals surface area (Å²) in [6.07, 6.45) is 0. The van der Waals surface area contributed by atoms with Crippen LogP contribution in [0.15, 0.2) is 41.3 Å². The number of carbonyl (C=O) groups excluding carboxylic acids is 1. The molecule has 1 amide bonds. The Morgan fingerprint density at radius 2 is 2.04 bits per heavy atom. The molecule has 1 aliphatic rings. The lowest BCUT2D eigenvalue weighted by Crippen LogP contribution is -2.28. The molecule has 0 fully saturated rings. The van der Waals surface area contributed by atoms with Gasteiger partial charge in [-0.25, -0.2) is 17.5 Å². The van der Waals surface area contributed by atoms with Gasteiger partial charge in [-0.2, -0.15) is 0 Å². The smallest absolute Gasteiger partial charge is 0.262 e. The van der Waals surface area contributed by atoms with E-state index >= 15 is 0 Å². The van der Waals surface area contributed by atoms with Crippen LogP contribution in [-0.2, 0) is 14.8 Å². The molecule has 0 saturated heterocycles. The number of anilines is 1. The summed E-state index contributed by atoms with van der Waals surface area (Å²) in [7, 11) is -2.55. The lowest BCUT2D eigenvalue weighted by molar-refractivity contribution is -0.118. The molecule has 0 radical (unpaired) electrons. The molecular formula is C17H17FN2O5S. The first kappa shape index (κ1) is 18.2. The van der Waals surface area contributed by atoms with E-state index in [1.54, 1.807) is 13.0 Å². The van der Waals surface area contributed by atoms with Crippen molar-refractivity contribution in [1.82, 2.24) is 4.72 Å². The Balaban J connectivity index is 1.83. The number of halogens is 1. The fraction of sp³-hybridized carbons (Fsp3) is 0.235. The summed E-state index contributed by atoms with van der Waals surface area (Å²) in [5.41, 5.74) is 0.730. The molecule has 2 N–H and O–H groups in total. The molecule has 138 valence electrons. The van der Waals surface area contributed by atoms with Crippen LogP contribution in [0.1, 0.15) is 18.5 Å². The van der Waals surface area contributed by atoms with Gasteiger partial charge in [0.15, 0.2) is 18.2 Å². The van der Waals surface area contributed by atoms with E-state index in [2.05, 4.69) is 10.0 Å². The van der Waals surface area contributed by atoms with E-state index in [9.17, 15) is 17.6 Å². The standard InChI is InChI=1S/C17H17FN2O5S/c1-10(11-3-5-15(24-2)13(18)7-11)20-26(22,23)12-4-6-16-14(8-12)19-17(21)9-25-16/h3-8,10,20H,9H2,1-2H3,(H,19,21)/t10-/m1/s1. The second kappa shape index (κ2) is 6.93. The number of carbonyl (C=O) groups is 1. The molecule has 26 heavy (non-hydrogen) atoms. The number of sulfonamides is 1. The van der Waals surface area contributed by atoms with E-state index in [1.807, 2.05) is 0 Å². The van der Waals surface area contributed by atoms with Gasteiger partial charge in [0, 0.05) is 6.04 Å². The molecule has 0 spiro atoms. The molecule has 0 aliphatic carbocycles. The highest BCUT2D eigenvalue weighted by Crippen LogP contribution is 2.30. The lowest BCUT2D eigenvalue weighted by atomic mass is 10.1. The van der Waals surface area contributed by atoms with Crippen molar-refractivity contribution >= 4 is 21.6 Å². The quantitative estimate of drug-likeness (QED) is 0.830. The SMILES string of the molecule is COc1ccc([C@@H](C)NS(=O)(=O)c2ccc3c(c2)NC(=O)CO3)cc1F. The van der Waals surface area contributed by atoms with Crippen molar-refractivity contribution in [3.8, 4) is 11.5 Å². The van der Waals surface area contributed by atoms with Gasteiger partial charge in [-0.15, -0.1) is 0 Å². The summed E-state index contributed by atoms with van der Waals surface area (Å²) in [5, 5.41) is 2.56. The molecule has 0 bridgehead atoms. The number of rotatable bonds is 5. The van der Waals surface area contributed by atoms with Crippen molar-refractivity contribution in [3.63, 3.8) is 0 Å². The summed E-state index contributed by atoms with van der Waals surface area (Å²) >= 11 is 0. The molecule has 2 aromatic rings. The highest BCUT2D eigenvalue weighted by molar-refractivity contribution is 7.89. The van der Waals surface area contributed by atoms with Crippen LogP contribution in [0.4, 0.5) is 10.1 Å². The maximum absolute atomic E-state index is 13.8. The van der Waals surface area contributed by atoms with Gasteiger partial charge in [-0.3, -0.25) is 4.79 Å². The summed E-state index contributed by atoms with van der Waals surface area (Å²) < 4.78 is 51.6. The highest BCUT2D eigenvalue weighted by Gasteiger charge is 2.23. The fourth-order valence-electron chi connectivity index (χ4n) is 2.55. The number of ether oxygens (including phenoxy) is 2. The van der Waals surface area contributed by atoms with Crippen molar-refractivity contribution in [1.29, 1.82) is 0 Å². The van der Waals surface area contributed by atoms with Crippen LogP contribution in [0.25, 0.3) is 0 Å². The molecular weight excluding hydrogens is 363 g/mol. The van der Waals surface area contributed by atoms with E-state index in [1.165, 1.54) is 37.4 Å². The Kier molecular flexibility index (Phi) is 4.84. The number of benzene rings is 2. The maximum Gasteiger partial charge on any atom is 0.262 e. The Bertz CT molecular complexity index is 962. The number of hydrogen-bond donors (Lipinski definition) is 2. The van der Waals surface area contributed by atoms with E-state index in [4.69, 9.17) is 9.47 Å². The normalized spacial score (nSPS) is 14.8. The number of hydrogen-bond acceptors (Lipinski definition) is 5. The minimum Gasteiger partial charge on any atom is -0.494 e.